The van der Waals surface area contributed by atoms with Gasteiger partial charge < -0.3 is 19.4 Å². The molecule has 0 spiro atoms. The van der Waals surface area contributed by atoms with Crippen LogP contribution in [0.15, 0.2) is 0 Å². The zero-order chi connectivity index (χ0) is 21.1. The van der Waals surface area contributed by atoms with Crippen molar-refractivity contribution >= 4 is 11.7 Å². The fourth-order valence-corrected chi connectivity index (χ4v) is 4.95. The average molecular weight is 416 g/mol. The summed E-state index contributed by atoms with van der Waals surface area (Å²) in [4.78, 5) is 29.0. The minimum Gasteiger partial charge on any atom is -0.376 e. The summed E-state index contributed by atoms with van der Waals surface area (Å²) in [5, 5.41) is 0. The van der Waals surface area contributed by atoms with Crippen LogP contribution in [0.1, 0.15) is 69.0 Å². The van der Waals surface area contributed by atoms with Crippen molar-refractivity contribution in [2.45, 2.75) is 70.9 Å². The highest BCUT2D eigenvalue weighted by atomic mass is 16.5. The maximum Gasteiger partial charge on any atom is 0.219 e. The van der Waals surface area contributed by atoms with Gasteiger partial charge >= 0.3 is 0 Å². The van der Waals surface area contributed by atoms with Gasteiger partial charge in [0.25, 0.3) is 0 Å². The summed E-state index contributed by atoms with van der Waals surface area (Å²) in [5.74, 6) is 2.65. The second kappa shape index (κ2) is 9.60. The number of ether oxygens (including phenoxy) is 1. The fraction of sp³-hybridized carbons (Fsp3) is 0.783. The van der Waals surface area contributed by atoms with Gasteiger partial charge in [-0.05, 0) is 52.2 Å². The number of nitrogens with zero attached hydrogens (tertiary/aromatic N) is 5. The monoisotopic (exact) mass is 415 g/mol. The van der Waals surface area contributed by atoms with Crippen molar-refractivity contribution < 1.29 is 9.53 Å². The highest BCUT2D eigenvalue weighted by Crippen LogP contribution is 2.33. The molecule has 7 heteroatoms. The van der Waals surface area contributed by atoms with E-state index in [1.54, 1.807) is 6.92 Å². The average Bonchev–Trinajstić information content (AvgIpc) is 2.77. The van der Waals surface area contributed by atoms with E-state index < -0.39 is 0 Å². The Morgan fingerprint density at radius 2 is 1.93 bits per heavy atom. The molecule has 4 rings (SSSR count). The van der Waals surface area contributed by atoms with Crippen molar-refractivity contribution in [1.82, 2.24) is 19.8 Å². The van der Waals surface area contributed by atoms with Gasteiger partial charge in [-0.3, -0.25) is 4.79 Å². The predicted molar refractivity (Wildman–Crippen MR) is 118 cm³/mol. The third kappa shape index (κ3) is 4.78. The van der Waals surface area contributed by atoms with Crippen molar-refractivity contribution in [1.29, 1.82) is 0 Å². The Hall–Kier alpha value is -1.73. The van der Waals surface area contributed by atoms with Gasteiger partial charge in [-0.25, -0.2) is 9.97 Å². The summed E-state index contributed by atoms with van der Waals surface area (Å²) in [5.41, 5.74) is 2.31. The van der Waals surface area contributed by atoms with Crippen LogP contribution in [0.5, 0.6) is 0 Å². The molecule has 3 aliphatic rings. The lowest BCUT2D eigenvalue weighted by Gasteiger charge is -2.38. The Balaban J connectivity index is 1.64. The molecule has 0 saturated carbocycles. The number of carbonyl (C=O) groups is 1. The lowest BCUT2D eigenvalue weighted by atomic mass is 9.95. The number of amides is 1. The minimum absolute atomic E-state index is 0.133. The van der Waals surface area contributed by atoms with E-state index in [9.17, 15) is 4.79 Å². The Kier molecular flexibility index (Phi) is 6.88. The molecule has 1 aromatic rings. The zero-order valence-electron chi connectivity index (χ0n) is 18.9. The molecule has 1 unspecified atom stereocenters. The number of aromatic nitrogens is 2. The quantitative estimate of drug-likeness (QED) is 0.737. The zero-order valence-corrected chi connectivity index (χ0v) is 18.9. The summed E-state index contributed by atoms with van der Waals surface area (Å²) in [7, 11) is 2.19. The summed E-state index contributed by atoms with van der Waals surface area (Å²) in [6.07, 6.45) is 6.62. The van der Waals surface area contributed by atoms with Gasteiger partial charge in [-0.15, -0.1) is 0 Å². The van der Waals surface area contributed by atoms with Crippen molar-refractivity contribution in [2.24, 2.45) is 0 Å². The van der Waals surface area contributed by atoms with Crippen LogP contribution in [0.3, 0.4) is 0 Å². The Morgan fingerprint density at radius 1 is 1.13 bits per heavy atom. The van der Waals surface area contributed by atoms with Crippen LogP contribution < -0.4 is 4.90 Å². The van der Waals surface area contributed by atoms with Gasteiger partial charge in [0.15, 0.2) is 0 Å². The van der Waals surface area contributed by atoms with Gasteiger partial charge in [0.05, 0.1) is 18.3 Å². The van der Waals surface area contributed by atoms with Gasteiger partial charge in [0.1, 0.15) is 11.6 Å². The molecule has 30 heavy (non-hydrogen) atoms. The standard InChI is InChI=1S/C23H37N5O2/c1-4-14-30-19-6-5-10-28(15-19)23-20-16-27(17(2)29)13-9-21(20)24-22(25-23)18-7-11-26(3)12-8-18/h18-19H,4-16H2,1-3H3. The second-order valence-electron chi connectivity index (χ2n) is 9.18. The molecule has 0 aromatic carbocycles. The second-order valence-corrected chi connectivity index (χ2v) is 9.18. The molecular formula is C23H37N5O2. The molecule has 0 bridgehead atoms. The maximum absolute atomic E-state index is 12.1. The van der Waals surface area contributed by atoms with E-state index in [0.29, 0.717) is 12.5 Å². The van der Waals surface area contributed by atoms with E-state index in [1.807, 2.05) is 4.90 Å². The predicted octanol–water partition coefficient (Wildman–Crippen LogP) is 2.59. The van der Waals surface area contributed by atoms with E-state index in [-0.39, 0.29) is 12.0 Å². The molecule has 1 aromatic heterocycles. The topological polar surface area (TPSA) is 61.8 Å². The van der Waals surface area contributed by atoms with E-state index in [4.69, 9.17) is 14.7 Å². The molecule has 4 heterocycles. The summed E-state index contributed by atoms with van der Waals surface area (Å²) < 4.78 is 6.09. The molecule has 7 nitrogen and oxygen atoms in total. The number of piperidine rings is 2. The van der Waals surface area contributed by atoms with Crippen molar-refractivity contribution in [3.63, 3.8) is 0 Å². The lowest BCUT2D eigenvalue weighted by molar-refractivity contribution is -0.129. The number of hydrogen-bond donors (Lipinski definition) is 0. The molecule has 1 amide bonds. The molecule has 1 atom stereocenters. The van der Waals surface area contributed by atoms with Crippen LogP contribution in [0.4, 0.5) is 5.82 Å². The van der Waals surface area contributed by atoms with Crippen molar-refractivity contribution in [3.05, 3.63) is 17.1 Å². The molecule has 166 valence electrons. The SMILES string of the molecule is CCCOC1CCCN(c2nc(C3CCN(C)CC3)nc3c2CN(C(C)=O)CC3)C1. The van der Waals surface area contributed by atoms with Crippen LogP contribution in [-0.4, -0.2) is 78.2 Å². The number of anilines is 1. The third-order valence-corrected chi connectivity index (χ3v) is 6.82. The molecule has 0 radical (unpaired) electrons. The largest absolute Gasteiger partial charge is 0.376 e. The van der Waals surface area contributed by atoms with E-state index in [2.05, 4.69) is 23.8 Å². The Labute approximate surface area is 180 Å². The fourth-order valence-electron chi connectivity index (χ4n) is 4.95. The first-order valence-electron chi connectivity index (χ1n) is 11.8. The molecule has 3 aliphatic heterocycles. The van der Waals surface area contributed by atoms with Crippen LogP contribution >= 0.6 is 0 Å². The van der Waals surface area contributed by atoms with Crippen LogP contribution in [0, 0.1) is 0 Å². The van der Waals surface area contributed by atoms with E-state index >= 15 is 0 Å². The summed E-state index contributed by atoms with van der Waals surface area (Å²) in [6, 6.07) is 0. The van der Waals surface area contributed by atoms with Crippen LogP contribution in [0.25, 0.3) is 0 Å². The van der Waals surface area contributed by atoms with Gasteiger partial charge in [-0.2, -0.15) is 0 Å². The normalized spacial score (nSPS) is 23.5. The molecule has 2 saturated heterocycles. The first kappa shape index (κ1) is 21.5. The lowest BCUT2D eigenvalue weighted by Crippen LogP contribution is -2.43. The van der Waals surface area contributed by atoms with E-state index in [0.717, 1.165) is 101 Å². The number of carbonyl (C=O) groups excluding carboxylic acids is 1. The smallest absolute Gasteiger partial charge is 0.219 e. The van der Waals surface area contributed by atoms with Gasteiger partial charge in [0.2, 0.25) is 5.91 Å². The van der Waals surface area contributed by atoms with Crippen molar-refractivity contribution in [3.8, 4) is 0 Å². The van der Waals surface area contributed by atoms with E-state index in [1.165, 1.54) is 0 Å². The first-order chi connectivity index (χ1) is 14.5. The highest BCUT2D eigenvalue weighted by molar-refractivity contribution is 5.74. The highest BCUT2D eigenvalue weighted by Gasteiger charge is 2.31. The third-order valence-electron chi connectivity index (χ3n) is 6.82. The first-order valence-corrected chi connectivity index (χ1v) is 11.8. The molecule has 0 N–H and O–H groups in total. The summed E-state index contributed by atoms with van der Waals surface area (Å²) in [6.45, 7) is 10.1. The van der Waals surface area contributed by atoms with Crippen LogP contribution in [0.2, 0.25) is 0 Å². The van der Waals surface area contributed by atoms with Crippen molar-refractivity contribution in [2.75, 3.05) is 51.3 Å². The van der Waals surface area contributed by atoms with Crippen LogP contribution in [-0.2, 0) is 22.5 Å². The van der Waals surface area contributed by atoms with Gasteiger partial charge in [-0.1, -0.05) is 6.92 Å². The number of fused-ring (bicyclic) bond motifs is 1. The molecule has 0 aliphatic carbocycles. The summed E-state index contributed by atoms with van der Waals surface area (Å²) >= 11 is 0. The number of likely N-dealkylation sites (tertiary alicyclic amines) is 1. The maximum atomic E-state index is 12.1. The number of rotatable bonds is 5. The molecular weight excluding hydrogens is 378 g/mol. The van der Waals surface area contributed by atoms with Gasteiger partial charge in [0, 0.05) is 51.1 Å². The Morgan fingerprint density at radius 3 is 2.67 bits per heavy atom. The Bertz CT molecular complexity index is 747. The molecule has 2 fully saturated rings. The number of hydrogen-bond acceptors (Lipinski definition) is 6. The minimum atomic E-state index is 0.133.